The van der Waals surface area contributed by atoms with Gasteiger partial charge in [0.2, 0.25) is 12.7 Å². The molecule has 0 N–H and O–H groups in total. The van der Waals surface area contributed by atoms with E-state index in [2.05, 4.69) is 0 Å². The quantitative estimate of drug-likeness (QED) is 0.481. The normalized spacial score (nSPS) is 12.1. The third-order valence-electron chi connectivity index (χ3n) is 5.38. The average Bonchev–Trinajstić information content (AvgIpc) is 3.48. The molecule has 4 rings (SSSR count). The summed E-state index contributed by atoms with van der Waals surface area (Å²) in [5, 5.41) is 1.96. The van der Waals surface area contributed by atoms with E-state index in [9.17, 15) is 14.0 Å². The van der Waals surface area contributed by atoms with E-state index < -0.39 is 11.7 Å². The maximum absolute atomic E-state index is 14.2. The molecular formula is C25H25FN2O4S. The van der Waals surface area contributed by atoms with Gasteiger partial charge in [0, 0.05) is 17.5 Å². The lowest BCUT2D eigenvalue weighted by molar-refractivity contribution is -0.133. The summed E-state index contributed by atoms with van der Waals surface area (Å²) in [6.07, 6.45) is 0. The molecule has 1 aliphatic heterocycles. The van der Waals surface area contributed by atoms with Gasteiger partial charge < -0.3 is 19.3 Å². The number of nitrogens with zero attached hydrogens (tertiary/aromatic N) is 2. The second-order valence-electron chi connectivity index (χ2n) is 8.02. The molecule has 0 saturated heterocycles. The van der Waals surface area contributed by atoms with Crippen LogP contribution in [0, 0.1) is 5.82 Å². The van der Waals surface area contributed by atoms with Crippen LogP contribution in [0.25, 0.3) is 0 Å². The maximum atomic E-state index is 14.2. The Kier molecular flexibility index (Phi) is 6.93. The standard InChI is InChI=1S/C25H25FN2O4S/c1-17(2)28(25(30)20-7-3-4-8-21(20)26)15-24(29)27(14-19-6-5-11-33-19)13-18-9-10-22-23(12-18)32-16-31-22/h3-12,17H,13-16H2,1-2H3. The molecule has 172 valence electrons. The van der Waals surface area contributed by atoms with Gasteiger partial charge in [-0.05, 0) is 55.1 Å². The van der Waals surface area contributed by atoms with Crippen molar-refractivity contribution in [2.24, 2.45) is 0 Å². The summed E-state index contributed by atoms with van der Waals surface area (Å²) in [5.74, 6) is -0.00243. The van der Waals surface area contributed by atoms with Crippen LogP contribution in [0.3, 0.4) is 0 Å². The number of rotatable bonds is 8. The van der Waals surface area contributed by atoms with E-state index in [0.29, 0.717) is 24.6 Å². The molecule has 0 atom stereocenters. The first kappa shape index (κ1) is 22.8. The number of hydrogen-bond donors (Lipinski definition) is 0. The van der Waals surface area contributed by atoms with Crippen molar-refractivity contribution < 1.29 is 23.5 Å². The fourth-order valence-corrected chi connectivity index (χ4v) is 4.33. The summed E-state index contributed by atoms with van der Waals surface area (Å²) in [4.78, 5) is 30.6. The van der Waals surface area contributed by atoms with Crippen molar-refractivity contribution in [3.63, 3.8) is 0 Å². The first-order chi connectivity index (χ1) is 15.9. The van der Waals surface area contributed by atoms with Crippen molar-refractivity contribution >= 4 is 23.2 Å². The number of fused-ring (bicyclic) bond motifs is 1. The van der Waals surface area contributed by atoms with E-state index in [1.54, 1.807) is 22.3 Å². The summed E-state index contributed by atoms with van der Waals surface area (Å²) < 4.78 is 25.1. The second-order valence-corrected chi connectivity index (χ2v) is 9.06. The number of halogens is 1. The van der Waals surface area contributed by atoms with Gasteiger partial charge in [-0.15, -0.1) is 11.3 Å². The van der Waals surface area contributed by atoms with Crippen LogP contribution in [0.15, 0.2) is 60.0 Å². The molecule has 0 saturated carbocycles. The molecule has 1 aromatic heterocycles. The molecule has 33 heavy (non-hydrogen) atoms. The highest BCUT2D eigenvalue weighted by molar-refractivity contribution is 7.09. The Morgan fingerprint density at radius 1 is 1.03 bits per heavy atom. The van der Waals surface area contributed by atoms with E-state index in [0.717, 1.165) is 10.4 Å². The van der Waals surface area contributed by atoms with Gasteiger partial charge in [0.25, 0.3) is 5.91 Å². The van der Waals surface area contributed by atoms with Gasteiger partial charge in [0.05, 0.1) is 12.1 Å². The van der Waals surface area contributed by atoms with Crippen molar-refractivity contribution in [3.05, 3.63) is 81.8 Å². The van der Waals surface area contributed by atoms with Gasteiger partial charge in [-0.1, -0.05) is 24.3 Å². The SMILES string of the molecule is CC(C)N(CC(=O)N(Cc1ccc2c(c1)OCO2)Cc1cccs1)C(=O)c1ccccc1F. The minimum atomic E-state index is -0.601. The van der Waals surface area contributed by atoms with Gasteiger partial charge in [0.15, 0.2) is 11.5 Å². The first-order valence-corrected chi connectivity index (χ1v) is 11.5. The zero-order valence-electron chi connectivity index (χ0n) is 18.5. The fraction of sp³-hybridized carbons (Fsp3) is 0.280. The van der Waals surface area contributed by atoms with Gasteiger partial charge in [0.1, 0.15) is 12.4 Å². The van der Waals surface area contributed by atoms with Crippen LogP contribution < -0.4 is 9.47 Å². The van der Waals surface area contributed by atoms with Crippen molar-refractivity contribution in [1.82, 2.24) is 9.80 Å². The third kappa shape index (κ3) is 5.34. The van der Waals surface area contributed by atoms with Crippen LogP contribution in [-0.4, -0.2) is 41.0 Å². The monoisotopic (exact) mass is 468 g/mol. The van der Waals surface area contributed by atoms with Crippen LogP contribution in [-0.2, 0) is 17.9 Å². The molecule has 0 spiro atoms. The minimum absolute atomic E-state index is 0.0421. The molecule has 0 radical (unpaired) electrons. The van der Waals surface area contributed by atoms with Crippen LogP contribution in [0.5, 0.6) is 11.5 Å². The topological polar surface area (TPSA) is 59.1 Å². The fourth-order valence-electron chi connectivity index (χ4n) is 3.61. The average molecular weight is 469 g/mol. The molecule has 1 aliphatic rings. The molecule has 2 heterocycles. The molecule has 2 aromatic carbocycles. The van der Waals surface area contributed by atoms with Crippen LogP contribution in [0.2, 0.25) is 0 Å². The van der Waals surface area contributed by atoms with E-state index in [1.165, 1.54) is 23.1 Å². The molecular weight excluding hydrogens is 443 g/mol. The number of benzene rings is 2. The Bertz CT molecular complexity index is 1130. The van der Waals surface area contributed by atoms with E-state index in [1.807, 2.05) is 49.6 Å². The number of carbonyl (C=O) groups is 2. The largest absolute Gasteiger partial charge is 0.454 e. The van der Waals surface area contributed by atoms with E-state index in [-0.39, 0.29) is 30.9 Å². The Morgan fingerprint density at radius 3 is 2.55 bits per heavy atom. The highest BCUT2D eigenvalue weighted by Gasteiger charge is 2.27. The summed E-state index contributed by atoms with van der Waals surface area (Å²) in [7, 11) is 0. The zero-order valence-corrected chi connectivity index (χ0v) is 19.3. The predicted molar refractivity (Wildman–Crippen MR) is 124 cm³/mol. The molecule has 0 bridgehead atoms. The van der Waals surface area contributed by atoms with E-state index >= 15 is 0 Å². The molecule has 2 amide bonds. The second kappa shape index (κ2) is 10.0. The van der Waals surface area contributed by atoms with Crippen LogP contribution in [0.4, 0.5) is 4.39 Å². The third-order valence-corrected chi connectivity index (χ3v) is 6.25. The van der Waals surface area contributed by atoms with Gasteiger partial charge in [-0.3, -0.25) is 9.59 Å². The molecule has 8 heteroatoms. The van der Waals surface area contributed by atoms with Crippen molar-refractivity contribution in [2.45, 2.75) is 33.0 Å². The summed E-state index contributed by atoms with van der Waals surface area (Å²) >= 11 is 1.56. The molecule has 0 fully saturated rings. The lowest BCUT2D eigenvalue weighted by Gasteiger charge is -2.30. The van der Waals surface area contributed by atoms with Gasteiger partial charge in [-0.2, -0.15) is 0 Å². The molecule has 0 unspecified atom stereocenters. The highest BCUT2D eigenvalue weighted by Crippen LogP contribution is 2.33. The zero-order chi connectivity index (χ0) is 23.4. The summed E-state index contributed by atoms with van der Waals surface area (Å²) in [6.45, 7) is 4.40. The predicted octanol–water partition coefficient (Wildman–Crippen LogP) is 4.70. The van der Waals surface area contributed by atoms with Gasteiger partial charge >= 0.3 is 0 Å². The van der Waals surface area contributed by atoms with Crippen molar-refractivity contribution in [2.75, 3.05) is 13.3 Å². The molecule has 0 aliphatic carbocycles. The summed E-state index contributed by atoms with van der Waals surface area (Å²) in [5.41, 5.74) is 0.847. The lowest BCUT2D eigenvalue weighted by Crippen LogP contribution is -2.45. The number of carbonyl (C=O) groups excluding carboxylic acids is 2. The Labute approximate surface area is 196 Å². The Balaban J connectivity index is 1.55. The van der Waals surface area contributed by atoms with Gasteiger partial charge in [-0.25, -0.2) is 4.39 Å². The number of hydrogen-bond acceptors (Lipinski definition) is 5. The Hall–Kier alpha value is -3.39. The molecule has 3 aromatic rings. The van der Waals surface area contributed by atoms with Crippen molar-refractivity contribution in [1.29, 1.82) is 0 Å². The highest BCUT2D eigenvalue weighted by atomic mass is 32.1. The smallest absolute Gasteiger partial charge is 0.257 e. The first-order valence-electron chi connectivity index (χ1n) is 10.7. The number of thiophene rings is 1. The minimum Gasteiger partial charge on any atom is -0.454 e. The number of amides is 2. The summed E-state index contributed by atoms with van der Waals surface area (Å²) in [6, 6.07) is 15.0. The van der Waals surface area contributed by atoms with Crippen molar-refractivity contribution in [3.8, 4) is 11.5 Å². The molecule has 6 nitrogen and oxygen atoms in total. The van der Waals surface area contributed by atoms with E-state index in [4.69, 9.17) is 9.47 Å². The lowest BCUT2D eigenvalue weighted by atomic mass is 10.1. The van der Waals surface area contributed by atoms with Crippen LogP contribution in [0.1, 0.15) is 34.6 Å². The maximum Gasteiger partial charge on any atom is 0.257 e. The van der Waals surface area contributed by atoms with Crippen LogP contribution >= 0.6 is 11.3 Å². The number of ether oxygens (including phenoxy) is 2. The Morgan fingerprint density at radius 2 is 1.82 bits per heavy atom.